The molecular weight excluding hydrogens is 288 g/mol. The van der Waals surface area contributed by atoms with Crippen LogP contribution in [0.3, 0.4) is 0 Å². The summed E-state index contributed by atoms with van der Waals surface area (Å²) in [6, 6.07) is 7.74. The first-order valence-corrected chi connectivity index (χ1v) is 7.21. The molecule has 2 aliphatic rings. The molecule has 0 unspecified atom stereocenters. The number of hydrogen-bond donors (Lipinski definition) is 0. The summed E-state index contributed by atoms with van der Waals surface area (Å²) >= 11 is 0. The maximum atomic E-state index is 11.9. The molecule has 1 aromatic carbocycles. The minimum atomic E-state index is -1.12. The predicted octanol–water partition coefficient (Wildman–Crippen LogP) is 1.31. The molecule has 0 N–H and O–H groups in total. The Hall–Kier alpha value is -1.92. The van der Waals surface area contributed by atoms with Crippen LogP contribution in [0, 0.1) is 0 Å². The van der Waals surface area contributed by atoms with E-state index < -0.39 is 29.9 Å². The van der Waals surface area contributed by atoms with Crippen LogP contribution in [0.25, 0.3) is 0 Å². The maximum absolute atomic E-state index is 11.9. The van der Waals surface area contributed by atoms with Gasteiger partial charge in [0.05, 0.1) is 14.2 Å². The smallest absolute Gasteiger partial charge is 0.338 e. The number of rotatable bonds is 2. The molecule has 2 atom stereocenters. The fourth-order valence-corrected chi connectivity index (χ4v) is 3.14. The molecule has 1 aliphatic heterocycles. The number of carbonyl (C=O) groups is 2. The number of carbonyl (C=O) groups excluding carboxylic acids is 2. The van der Waals surface area contributed by atoms with Crippen molar-refractivity contribution >= 4 is 11.9 Å². The molecule has 6 nitrogen and oxygen atoms in total. The van der Waals surface area contributed by atoms with Crippen LogP contribution in [0.15, 0.2) is 24.3 Å². The van der Waals surface area contributed by atoms with Gasteiger partial charge in [-0.15, -0.1) is 0 Å². The van der Waals surface area contributed by atoms with Crippen LogP contribution in [0.4, 0.5) is 0 Å². The van der Waals surface area contributed by atoms with Gasteiger partial charge < -0.3 is 18.9 Å². The van der Waals surface area contributed by atoms with Gasteiger partial charge in [0.2, 0.25) is 0 Å². The quantitative estimate of drug-likeness (QED) is 0.767. The lowest BCUT2D eigenvalue weighted by Crippen LogP contribution is -2.38. The van der Waals surface area contributed by atoms with Crippen LogP contribution in [-0.2, 0) is 40.7 Å². The van der Waals surface area contributed by atoms with Crippen molar-refractivity contribution in [2.45, 2.75) is 37.3 Å². The summed E-state index contributed by atoms with van der Waals surface area (Å²) in [7, 11) is 2.50. The summed E-state index contributed by atoms with van der Waals surface area (Å²) in [5.74, 6) is -2.38. The van der Waals surface area contributed by atoms with E-state index in [4.69, 9.17) is 18.9 Å². The van der Waals surface area contributed by atoms with Crippen molar-refractivity contribution in [3.05, 3.63) is 35.4 Å². The van der Waals surface area contributed by atoms with Crippen LogP contribution >= 0.6 is 0 Å². The topological polar surface area (TPSA) is 71.1 Å². The predicted molar refractivity (Wildman–Crippen MR) is 74.8 cm³/mol. The summed E-state index contributed by atoms with van der Waals surface area (Å²) in [5.41, 5.74) is 1.96. The second-order valence-electron chi connectivity index (χ2n) is 5.39. The van der Waals surface area contributed by atoms with E-state index in [0.717, 1.165) is 24.0 Å². The molecule has 6 heteroatoms. The fraction of sp³-hybridized carbons (Fsp3) is 0.500. The van der Waals surface area contributed by atoms with Gasteiger partial charge in [-0.3, -0.25) is 0 Å². The second kappa shape index (κ2) is 5.70. The van der Waals surface area contributed by atoms with Gasteiger partial charge in [0.15, 0.2) is 18.0 Å². The molecule has 1 aromatic rings. The largest absolute Gasteiger partial charge is 0.467 e. The first-order chi connectivity index (χ1) is 10.6. The highest BCUT2D eigenvalue weighted by Crippen LogP contribution is 2.46. The fourth-order valence-electron chi connectivity index (χ4n) is 3.14. The number of ether oxygens (including phenoxy) is 4. The number of aryl methyl sites for hydroxylation is 1. The highest BCUT2D eigenvalue weighted by atomic mass is 16.8. The lowest BCUT2D eigenvalue weighted by atomic mass is 9.86. The zero-order chi connectivity index (χ0) is 15.7. The maximum Gasteiger partial charge on any atom is 0.338 e. The van der Waals surface area contributed by atoms with Gasteiger partial charge in [-0.2, -0.15) is 0 Å². The summed E-state index contributed by atoms with van der Waals surface area (Å²) < 4.78 is 21.3. The van der Waals surface area contributed by atoms with E-state index in [-0.39, 0.29) is 0 Å². The van der Waals surface area contributed by atoms with E-state index in [1.807, 2.05) is 24.3 Å². The van der Waals surface area contributed by atoms with Crippen molar-refractivity contribution in [2.24, 2.45) is 0 Å². The molecule has 1 aliphatic carbocycles. The SMILES string of the molecule is COC(=O)[C@@H]1OC2(CCCc3ccccc32)O[C@H]1C(=O)OC. The van der Waals surface area contributed by atoms with Crippen molar-refractivity contribution in [3.63, 3.8) is 0 Å². The van der Waals surface area contributed by atoms with E-state index in [1.165, 1.54) is 14.2 Å². The molecular formula is C16H18O6. The van der Waals surface area contributed by atoms with E-state index in [2.05, 4.69) is 0 Å². The highest BCUT2D eigenvalue weighted by molar-refractivity contribution is 5.86. The van der Waals surface area contributed by atoms with Crippen LogP contribution in [0.5, 0.6) is 0 Å². The van der Waals surface area contributed by atoms with Gasteiger partial charge in [-0.1, -0.05) is 24.3 Å². The minimum absolute atomic E-state index is 0.574. The van der Waals surface area contributed by atoms with Crippen molar-refractivity contribution in [2.75, 3.05) is 14.2 Å². The first kappa shape index (κ1) is 15.0. The van der Waals surface area contributed by atoms with Crippen molar-refractivity contribution in [1.82, 2.24) is 0 Å². The van der Waals surface area contributed by atoms with Gasteiger partial charge in [0, 0.05) is 12.0 Å². The molecule has 0 amide bonds. The Balaban J connectivity index is 2.00. The molecule has 118 valence electrons. The van der Waals surface area contributed by atoms with E-state index in [0.29, 0.717) is 6.42 Å². The van der Waals surface area contributed by atoms with Crippen molar-refractivity contribution in [3.8, 4) is 0 Å². The zero-order valence-corrected chi connectivity index (χ0v) is 12.5. The normalized spacial score (nSPS) is 25.5. The van der Waals surface area contributed by atoms with Crippen LogP contribution < -0.4 is 0 Å². The summed E-state index contributed by atoms with van der Waals surface area (Å²) in [5, 5.41) is 0. The van der Waals surface area contributed by atoms with Crippen molar-refractivity contribution < 1.29 is 28.5 Å². The molecule has 1 heterocycles. The standard InChI is InChI=1S/C16H18O6/c1-19-14(17)12-13(15(18)20-2)22-16(21-12)9-5-7-10-6-3-4-8-11(10)16/h3-4,6,8,12-13H,5,7,9H2,1-2H3/t12-,13-/m1/s1. The third-order valence-corrected chi connectivity index (χ3v) is 4.16. The van der Waals surface area contributed by atoms with Gasteiger partial charge in [0.1, 0.15) is 0 Å². The lowest BCUT2D eigenvalue weighted by molar-refractivity contribution is -0.202. The molecule has 1 spiro atoms. The zero-order valence-electron chi connectivity index (χ0n) is 12.5. The third kappa shape index (κ3) is 2.28. The van der Waals surface area contributed by atoms with E-state index in [1.54, 1.807) is 0 Å². The molecule has 22 heavy (non-hydrogen) atoms. The van der Waals surface area contributed by atoms with Crippen LogP contribution in [-0.4, -0.2) is 38.4 Å². The number of fused-ring (bicyclic) bond motifs is 2. The summed E-state index contributed by atoms with van der Waals surface area (Å²) in [4.78, 5) is 23.9. The highest BCUT2D eigenvalue weighted by Gasteiger charge is 2.56. The Bertz CT molecular complexity index is 572. The van der Waals surface area contributed by atoms with E-state index >= 15 is 0 Å². The molecule has 0 saturated carbocycles. The first-order valence-electron chi connectivity index (χ1n) is 7.21. The Morgan fingerprint density at radius 3 is 2.27 bits per heavy atom. The van der Waals surface area contributed by atoms with Gasteiger partial charge in [-0.25, -0.2) is 9.59 Å². The minimum Gasteiger partial charge on any atom is -0.467 e. The molecule has 0 bridgehead atoms. The third-order valence-electron chi connectivity index (χ3n) is 4.16. The Kier molecular flexibility index (Phi) is 3.88. The Morgan fingerprint density at radius 2 is 1.68 bits per heavy atom. The Morgan fingerprint density at radius 1 is 1.09 bits per heavy atom. The van der Waals surface area contributed by atoms with E-state index in [9.17, 15) is 9.59 Å². The number of hydrogen-bond acceptors (Lipinski definition) is 6. The Labute approximate surface area is 128 Å². The average molecular weight is 306 g/mol. The monoisotopic (exact) mass is 306 g/mol. The number of methoxy groups -OCH3 is 2. The van der Waals surface area contributed by atoms with Crippen LogP contribution in [0.2, 0.25) is 0 Å². The summed E-state index contributed by atoms with van der Waals surface area (Å²) in [6.07, 6.45) is 0.0902. The van der Waals surface area contributed by atoms with Gasteiger partial charge in [0.25, 0.3) is 0 Å². The van der Waals surface area contributed by atoms with Gasteiger partial charge in [-0.05, 0) is 18.4 Å². The lowest BCUT2D eigenvalue weighted by Gasteiger charge is -2.34. The van der Waals surface area contributed by atoms with Crippen molar-refractivity contribution in [1.29, 1.82) is 0 Å². The number of benzene rings is 1. The molecule has 0 aromatic heterocycles. The molecule has 1 fully saturated rings. The average Bonchev–Trinajstić information content (AvgIpc) is 2.94. The van der Waals surface area contributed by atoms with Gasteiger partial charge >= 0.3 is 11.9 Å². The molecule has 0 radical (unpaired) electrons. The second-order valence-corrected chi connectivity index (χ2v) is 5.39. The van der Waals surface area contributed by atoms with Crippen LogP contribution in [0.1, 0.15) is 24.0 Å². The number of esters is 2. The summed E-state index contributed by atoms with van der Waals surface area (Å²) in [6.45, 7) is 0. The molecule has 3 rings (SSSR count). The molecule has 1 saturated heterocycles.